The molecule has 1 aromatic heterocycles. The van der Waals surface area contributed by atoms with Crippen molar-refractivity contribution >= 4 is 11.8 Å². The van der Waals surface area contributed by atoms with Crippen LogP contribution < -0.4 is 5.01 Å². The van der Waals surface area contributed by atoms with Crippen molar-refractivity contribution in [3.05, 3.63) is 24.5 Å². The summed E-state index contributed by atoms with van der Waals surface area (Å²) >= 11 is 0. The van der Waals surface area contributed by atoms with E-state index in [1.54, 1.807) is 24.5 Å². The van der Waals surface area contributed by atoms with Gasteiger partial charge in [-0.1, -0.05) is 0 Å². The summed E-state index contributed by atoms with van der Waals surface area (Å²) < 4.78 is 1.53. The predicted molar refractivity (Wildman–Crippen MR) is 46.5 cm³/mol. The SMILES string of the molecule is O=C1CCCC(=O)N1n1cccc1. The molecule has 2 rings (SSSR count). The molecule has 0 atom stereocenters. The highest BCUT2D eigenvalue weighted by molar-refractivity contribution is 6.10. The third kappa shape index (κ3) is 1.35. The Bertz CT molecular complexity index is 313. The van der Waals surface area contributed by atoms with Crippen LogP contribution in [0, 0.1) is 0 Å². The molecule has 4 nitrogen and oxygen atoms in total. The molecule has 0 bridgehead atoms. The molecule has 4 heteroatoms. The van der Waals surface area contributed by atoms with Crippen molar-refractivity contribution in [1.82, 2.24) is 4.68 Å². The Morgan fingerprint density at radius 3 is 2.08 bits per heavy atom. The lowest BCUT2D eigenvalue weighted by molar-refractivity contribution is -0.131. The van der Waals surface area contributed by atoms with Crippen LogP contribution in [0.5, 0.6) is 0 Å². The first-order valence-electron chi connectivity index (χ1n) is 4.28. The second-order valence-electron chi connectivity index (χ2n) is 3.02. The minimum absolute atomic E-state index is 0.118. The Labute approximate surface area is 75.7 Å². The lowest BCUT2D eigenvalue weighted by Gasteiger charge is -2.25. The largest absolute Gasteiger partial charge is 0.273 e. The van der Waals surface area contributed by atoms with E-state index in [1.165, 1.54) is 9.69 Å². The van der Waals surface area contributed by atoms with Crippen LogP contribution in [0.1, 0.15) is 19.3 Å². The van der Waals surface area contributed by atoms with Crippen LogP contribution in [0.25, 0.3) is 0 Å². The standard InChI is InChI=1S/C9H10N2O2/c12-8-4-3-5-9(13)11(8)10-6-1-2-7-10/h1-2,6-7H,3-5H2. The highest BCUT2D eigenvalue weighted by Gasteiger charge is 2.26. The molecule has 0 spiro atoms. The number of imide groups is 1. The fraction of sp³-hybridized carbons (Fsp3) is 0.333. The zero-order valence-electron chi connectivity index (χ0n) is 7.14. The predicted octanol–water partition coefficient (Wildman–Crippen LogP) is 0.663. The molecule has 68 valence electrons. The Balaban J connectivity index is 2.29. The molecule has 0 radical (unpaired) electrons. The number of piperidine rings is 1. The van der Waals surface area contributed by atoms with Crippen molar-refractivity contribution in [3.8, 4) is 0 Å². The number of hydrogen-bond acceptors (Lipinski definition) is 2. The van der Waals surface area contributed by atoms with Gasteiger partial charge in [0, 0.05) is 25.2 Å². The molecule has 0 unspecified atom stereocenters. The second-order valence-corrected chi connectivity index (χ2v) is 3.02. The maximum atomic E-state index is 11.4. The molecular formula is C9H10N2O2. The van der Waals surface area contributed by atoms with Crippen molar-refractivity contribution in [2.24, 2.45) is 0 Å². The monoisotopic (exact) mass is 178 g/mol. The number of hydrogen-bond donors (Lipinski definition) is 0. The number of aromatic nitrogens is 1. The average Bonchev–Trinajstić information content (AvgIpc) is 2.57. The molecule has 2 amide bonds. The van der Waals surface area contributed by atoms with Crippen molar-refractivity contribution in [1.29, 1.82) is 0 Å². The van der Waals surface area contributed by atoms with E-state index in [0.717, 1.165) is 0 Å². The molecule has 1 saturated heterocycles. The zero-order valence-corrected chi connectivity index (χ0v) is 7.14. The quantitative estimate of drug-likeness (QED) is 0.593. The Kier molecular flexibility index (Phi) is 1.88. The molecule has 13 heavy (non-hydrogen) atoms. The Hall–Kier alpha value is -1.58. The van der Waals surface area contributed by atoms with Gasteiger partial charge in [0.05, 0.1) is 0 Å². The molecule has 0 N–H and O–H groups in total. The molecule has 1 aliphatic rings. The van der Waals surface area contributed by atoms with Crippen molar-refractivity contribution in [2.75, 3.05) is 5.01 Å². The highest BCUT2D eigenvalue weighted by Crippen LogP contribution is 2.11. The van der Waals surface area contributed by atoms with Gasteiger partial charge in [-0.3, -0.25) is 14.3 Å². The van der Waals surface area contributed by atoms with Gasteiger partial charge in [0.2, 0.25) is 11.8 Å². The van der Waals surface area contributed by atoms with Gasteiger partial charge in [-0.15, -0.1) is 0 Å². The second kappa shape index (κ2) is 3.05. The first kappa shape index (κ1) is 8.04. The minimum atomic E-state index is -0.118. The molecule has 1 aromatic rings. The van der Waals surface area contributed by atoms with E-state index < -0.39 is 0 Å². The van der Waals surface area contributed by atoms with Gasteiger partial charge in [0.15, 0.2) is 0 Å². The molecule has 1 aliphatic heterocycles. The summed E-state index contributed by atoms with van der Waals surface area (Å²) in [5.74, 6) is -0.236. The summed E-state index contributed by atoms with van der Waals surface area (Å²) in [4.78, 5) is 22.8. The van der Waals surface area contributed by atoms with E-state index in [4.69, 9.17) is 0 Å². The Morgan fingerprint density at radius 2 is 1.54 bits per heavy atom. The molecule has 2 heterocycles. The normalized spacial score (nSPS) is 18.0. The van der Waals surface area contributed by atoms with Crippen LogP contribution in [-0.2, 0) is 9.59 Å². The van der Waals surface area contributed by atoms with Crippen molar-refractivity contribution < 1.29 is 9.59 Å². The number of nitrogens with zero attached hydrogens (tertiary/aromatic N) is 2. The van der Waals surface area contributed by atoms with Gasteiger partial charge in [0.25, 0.3) is 0 Å². The fourth-order valence-electron chi connectivity index (χ4n) is 1.46. The Morgan fingerprint density at radius 1 is 1.00 bits per heavy atom. The van der Waals surface area contributed by atoms with Crippen LogP contribution in [-0.4, -0.2) is 16.5 Å². The van der Waals surface area contributed by atoms with Gasteiger partial charge < -0.3 is 0 Å². The lowest BCUT2D eigenvalue weighted by atomic mass is 10.1. The highest BCUT2D eigenvalue weighted by atomic mass is 16.2. The molecule has 1 fully saturated rings. The van der Waals surface area contributed by atoms with Gasteiger partial charge in [-0.25, -0.2) is 0 Å². The maximum absolute atomic E-state index is 11.4. The van der Waals surface area contributed by atoms with Crippen molar-refractivity contribution in [2.45, 2.75) is 19.3 Å². The van der Waals surface area contributed by atoms with E-state index >= 15 is 0 Å². The van der Waals surface area contributed by atoms with Gasteiger partial charge in [0.1, 0.15) is 0 Å². The first-order chi connectivity index (χ1) is 6.29. The number of carbonyl (C=O) groups is 2. The maximum Gasteiger partial charge on any atom is 0.248 e. The van der Waals surface area contributed by atoms with Crippen molar-refractivity contribution in [3.63, 3.8) is 0 Å². The van der Waals surface area contributed by atoms with Crippen LogP contribution in [0.4, 0.5) is 0 Å². The molecule has 0 aliphatic carbocycles. The molecular weight excluding hydrogens is 168 g/mol. The van der Waals surface area contributed by atoms with E-state index in [1.807, 2.05) is 0 Å². The summed E-state index contributed by atoms with van der Waals surface area (Å²) in [5.41, 5.74) is 0. The smallest absolute Gasteiger partial charge is 0.248 e. The summed E-state index contributed by atoms with van der Waals surface area (Å²) in [6.07, 6.45) is 4.99. The van der Waals surface area contributed by atoms with E-state index in [-0.39, 0.29) is 11.8 Å². The first-order valence-corrected chi connectivity index (χ1v) is 4.28. The van der Waals surface area contributed by atoms with E-state index in [9.17, 15) is 9.59 Å². The summed E-state index contributed by atoms with van der Waals surface area (Å²) in [6, 6.07) is 3.57. The summed E-state index contributed by atoms with van der Waals surface area (Å²) in [7, 11) is 0. The van der Waals surface area contributed by atoms with Gasteiger partial charge >= 0.3 is 0 Å². The fourth-order valence-corrected chi connectivity index (χ4v) is 1.46. The third-order valence-corrected chi connectivity index (χ3v) is 2.07. The molecule has 0 saturated carbocycles. The van der Waals surface area contributed by atoms with Crippen LogP contribution >= 0.6 is 0 Å². The van der Waals surface area contributed by atoms with Crippen LogP contribution in [0.3, 0.4) is 0 Å². The topological polar surface area (TPSA) is 42.3 Å². The molecule has 0 aromatic carbocycles. The van der Waals surface area contributed by atoms with Gasteiger partial charge in [-0.2, -0.15) is 5.01 Å². The average molecular weight is 178 g/mol. The van der Waals surface area contributed by atoms with Crippen LogP contribution in [0.2, 0.25) is 0 Å². The lowest BCUT2D eigenvalue weighted by Crippen LogP contribution is -2.47. The summed E-state index contributed by atoms with van der Waals surface area (Å²) in [5, 5.41) is 1.20. The number of rotatable bonds is 1. The number of amides is 2. The van der Waals surface area contributed by atoms with Gasteiger partial charge in [-0.05, 0) is 18.6 Å². The van der Waals surface area contributed by atoms with E-state index in [0.29, 0.717) is 19.3 Å². The number of carbonyl (C=O) groups excluding carboxylic acids is 2. The zero-order chi connectivity index (χ0) is 9.26. The van der Waals surface area contributed by atoms with E-state index in [2.05, 4.69) is 0 Å². The third-order valence-electron chi connectivity index (χ3n) is 2.07. The minimum Gasteiger partial charge on any atom is -0.273 e. The summed E-state index contributed by atoms with van der Waals surface area (Å²) in [6.45, 7) is 0. The van der Waals surface area contributed by atoms with Crippen LogP contribution in [0.15, 0.2) is 24.5 Å².